The lowest BCUT2D eigenvalue weighted by Gasteiger charge is -2.11. The van der Waals surface area contributed by atoms with Gasteiger partial charge in [0.05, 0.1) is 11.1 Å². The molecule has 0 saturated carbocycles. The van der Waals surface area contributed by atoms with Crippen LogP contribution in [-0.2, 0) is 19.6 Å². The third-order valence-electron chi connectivity index (χ3n) is 2.35. The highest BCUT2D eigenvalue weighted by molar-refractivity contribution is 8.04. The molecule has 0 aliphatic heterocycles. The Labute approximate surface area is 124 Å². The predicted octanol–water partition coefficient (Wildman–Crippen LogP) is 2.50. The lowest BCUT2D eigenvalue weighted by atomic mass is 10.4. The van der Waals surface area contributed by atoms with E-state index in [9.17, 15) is 8.42 Å². The molecule has 0 radical (unpaired) electrons. The molecule has 0 unspecified atom stereocenters. The van der Waals surface area contributed by atoms with Gasteiger partial charge in [-0.05, 0) is 21.1 Å². The number of nitriles is 1. The van der Waals surface area contributed by atoms with Crippen LogP contribution >= 0.6 is 11.3 Å². The first-order chi connectivity index (χ1) is 9.36. The second-order valence-corrected chi connectivity index (χ2v) is 9.74. The van der Waals surface area contributed by atoms with Crippen LogP contribution in [0, 0.1) is 11.5 Å². The molecule has 20 heavy (non-hydrogen) atoms. The van der Waals surface area contributed by atoms with Gasteiger partial charge in [-0.3, -0.25) is 0 Å². The fourth-order valence-corrected chi connectivity index (χ4v) is 6.28. The molecule has 0 aliphatic rings. The summed E-state index contributed by atoms with van der Waals surface area (Å²) in [4.78, 5) is 4.44. The van der Waals surface area contributed by atoms with Crippen LogP contribution in [0.25, 0.3) is 0 Å². The Morgan fingerprint density at radius 1 is 1.40 bits per heavy atom. The van der Waals surface area contributed by atoms with Crippen LogP contribution in [0.15, 0.2) is 30.6 Å². The summed E-state index contributed by atoms with van der Waals surface area (Å²) in [7, 11) is -5.59. The zero-order valence-corrected chi connectivity index (χ0v) is 13.9. The molecular weight excluding hydrogens is 316 g/mol. The zero-order valence-electron chi connectivity index (χ0n) is 11.5. The van der Waals surface area contributed by atoms with Crippen LogP contribution < -0.4 is 0 Å². The van der Waals surface area contributed by atoms with Crippen LogP contribution in [0.2, 0.25) is 0 Å². The van der Waals surface area contributed by atoms with E-state index in [1.807, 2.05) is 25.3 Å². The monoisotopic (exact) mass is 332 g/mol. The molecule has 1 aromatic rings. The Bertz CT molecular complexity index is 736. The normalized spacial score (nSPS) is 12.8. The minimum Gasteiger partial charge on any atom is -0.204 e. The van der Waals surface area contributed by atoms with E-state index in [1.165, 1.54) is 11.3 Å². The van der Waals surface area contributed by atoms with Gasteiger partial charge in [0.2, 0.25) is 6.19 Å². The molecule has 1 heterocycles. The highest BCUT2D eigenvalue weighted by atomic mass is 32.3. The largest absolute Gasteiger partial charge is 0.256 e. The first-order valence-corrected chi connectivity index (χ1v) is 10.4. The van der Waals surface area contributed by atoms with Crippen molar-refractivity contribution in [3.05, 3.63) is 22.4 Å². The Balaban J connectivity index is 3.60. The van der Waals surface area contributed by atoms with Gasteiger partial charge in [0.25, 0.3) is 10.0 Å². The lowest BCUT2D eigenvalue weighted by molar-refractivity contribution is 0.604. The molecule has 0 amide bonds. The van der Waals surface area contributed by atoms with Crippen LogP contribution in [-0.4, -0.2) is 32.0 Å². The summed E-state index contributed by atoms with van der Waals surface area (Å²) in [6.07, 6.45) is 2.77. The highest BCUT2D eigenvalue weighted by Crippen LogP contribution is 2.15. The maximum Gasteiger partial charge on any atom is 0.256 e. The Hall–Kier alpha value is -1.24. The second-order valence-electron chi connectivity index (χ2n) is 3.79. The average molecular weight is 332 g/mol. The smallest absolute Gasteiger partial charge is 0.204 e. The minimum atomic E-state index is -3.50. The molecule has 1 rings (SSSR count). The molecule has 0 aliphatic carbocycles. The Morgan fingerprint density at radius 3 is 2.45 bits per heavy atom. The number of thiophene rings is 1. The lowest BCUT2D eigenvalue weighted by Crippen LogP contribution is -2.12. The van der Waals surface area contributed by atoms with E-state index in [-0.39, 0.29) is 5.84 Å². The van der Waals surface area contributed by atoms with E-state index in [4.69, 9.17) is 5.26 Å². The van der Waals surface area contributed by atoms with Crippen molar-refractivity contribution in [2.45, 2.75) is 13.8 Å². The number of hydrogen-bond donors (Lipinski definition) is 0. The van der Waals surface area contributed by atoms with Crippen LogP contribution in [0.4, 0.5) is 0 Å². The molecule has 1 aromatic heterocycles. The van der Waals surface area contributed by atoms with Crippen LogP contribution in [0.3, 0.4) is 0 Å². The van der Waals surface area contributed by atoms with Gasteiger partial charge < -0.3 is 0 Å². The maximum atomic E-state index is 11.5. The SMILES string of the molecule is CCS(CC)(=NC(=NC#N)c1cccs1)=NS(C)(=O)=O. The highest BCUT2D eigenvalue weighted by Gasteiger charge is 2.11. The van der Waals surface area contributed by atoms with Crippen molar-refractivity contribution < 1.29 is 8.42 Å². The first-order valence-electron chi connectivity index (χ1n) is 5.82. The van der Waals surface area contributed by atoms with Gasteiger partial charge in [-0.15, -0.1) is 15.1 Å². The van der Waals surface area contributed by atoms with Crippen LogP contribution in [0.5, 0.6) is 0 Å². The fourth-order valence-electron chi connectivity index (χ4n) is 1.44. The second kappa shape index (κ2) is 6.97. The van der Waals surface area contributed by atoms with E-state index in [0.29, 0.717) is 11.5 Å². The van der Waals surface area contributed by atoms with Crippen molar-refractivity contribution >= 4 is 36.8 Å². The van der Waals surface area contributed by atoms with E-state index < -0.39 is 19.6 Å². The first kappa shape index (κ1) is 16.8. The predicted molar refractivity (Wildman–Crippen MR) is 84.6 cm³/mol. The Kier molecular flexibility index (Phi) is 5.86. The molecule has 9 heteroatoms. The summed E-state index contributed by atoms with van der Waals surface area (Å²) >= 11 is 1.40. The van der Waals surface area contributed by atoms with Crippen molar-refractivity contribution in [2.75, 3.05) is 17.8 Å². The summed E-state index contributed by atoms with van der Waals surface area (Å²) in [6, 6.07) is 3.62. The third kappa shape index (κ3) is 4.70. The van der Waals surface area contributed by atoms with E-state index in [2.05, 4.69) is 13.1 Å². The molecule has 0 atom stereocenters. The molecule has 0 fully saturated rings. The fraction of sp³-hybridized carbons (Fsp3) is 0.455. The van der Waals surface area contributed by atoms with E-state index >= 15 is 0 Å². The average Bonchev–Trinajstić information content (AvgIpc) is 2.89. The molecule has 0 N–H and O–H groups in total. The van der Waals surface area contributed by atoms with Gasteiger partial charge in [0.1, 0.15) is 0 Å². The quantitative estimate of drug-likeness (QED) is 0.481. The molecular formula is C11H16N4O2S3. The number of aliphatic imine (C=N–C) groups is 1. The Morgan fingerprint density at radius 2 is 2.05 bits per heavy atom. The molecule has 0 saturated heterocycles. The minimum absolute atomic E-state index is 0.258. The van der Waals surface area contributed by atoms with Crippen molar-refractivity contribution in [3.63, 3.8) is 0 Å². The summed E-state index contributed by atoms with van der Waals surface area (Å²) in [5, 5.41) is 10.6. The number of amidine groups is 1. The molecule has 0 spiro atoms. The third-order valence-corrected chi connectivity index (χ3v) is 7.77. The molecule has 6 nitrogen and oxygen atoms in total. The van der Waals surface area contributed by atoms with Crippen molar-refractivity contribution in [1.29, 1.82) is 5.26 Å². The van der Waals surface area contributed by atoms with Gasteiger partial charge in [0.15, 0.2) is 5.84 Å². The number of rotatable bonds is 4. The topological polar surface area (TPSA) is 95.0 Å². The van der Waals surface area contributed by atoms with Gasteiger partial charge in [0, 0.05) is 11.5 Å². The maximum absolute atomic E-state index is 11.5. The molecule has 110 valence electrons. The summed E-state index contributed by atoms with van der Waals surface area (Å²) in [5.74, 6) is 1.24. The van der Waals surface area contributed by atoms with Gasteiger partial charge in [-0.1, -0.05) is 19.9 Å². The van der Waals surface area contributed by atoms with Gasteiger partial charge >= 0.3 is 0 Å². The standard InChI is InChI=1S/C11H16N4O2S3/c1-4-20(5-2,15-19(3,16)17)14-11(13-9-12)10-7-6-8-18-10/h6-8H,4-5H2,1-3H3. The summed E-state index contributed by atoms with van der Waals surface area (Å²) in [5.41, 5.74) is 0. The van der Waals surface area contributed by atoms with Gasteiger partial charge in [-0.2, -0.15) is 14.6 Å². The molecule has 0 bridgehead atoms. The van der Waals surface area contributed by atoms with Crippen molar-refractivity contribution in [1.82, 2.24) is 0 Å². The number of nitrogens with zero attached hydrogens (tertiary/aromatic N) is 4. The van der Waals surface area contributed by atoms with E-state index in [0.717, 1.165) is 11.1 Å². The zero-order chi connectivity index (χ0) is 15.2. The molecule has 0 aromatic carbocycles. The van der Waals surface area contributed by atoms with Crippen molar-refractivity contribution in [2.24, 2.45) is 13.1 Å². The van der Waals surface area contributed by atoms with Crippen LogP contribution in [0.1, 0.15) is 18.7 Å². The van der Waals surface area contributed by atoms with E-state index in [1.54, 1.807) is 12.3 Å². The summed E-state index contributed by atoms with van der Waals surface area (Å²) in [6.45, 7) is 3.69. The van der Waals surface area contributed by atoms with Gasteiger partial charge in [-0.25, -0.2) is 8.42 Å². The number of sulfonamides is 1. The number of hydrogen-bond acceptors (Lipinski definition) is 5. The summed E-state index contributed by atoms with van der Waals surface area (Å²) < 4.78 is 31.3. The van der Waals surface area contributed by atoms with Crippen molar-refractivity contribution in [3.8, 4) is 6.19 Å².